The van der Waals surface area contributed by atoms with Crippen molar-refractivity contribution in [2.45, 2.75) is 39.7 Å². The van der Waals surface area contributed by atoms with Gasteiger partial charge in [0.15, 0.2) is 0 Å². The summed E-state index contributed by atoms with van der Waals surface area (Å²) in [4.78, 5) is 31.6. The quantitative estimate of drug-likeness (QED) is 0.315. The third-order valence-corrected chi connectivity index (χ3v) is 6.72. The zero-order chi connectivity index (χ0) is 25.5. The van der Waals surface area contributed by atoms with Crippen molar-refractivity contribution < 1.29 is 19.1 Å². The van der Waals surface area contributed by atoms with Crippen molar-refractivity contribution in [2.75, 3.05) is 24.6 Å². The van der Waals surface area contributed by atoms with Gasteiger partial charge in [-0.2, -0.15) is 0 Å². The second-order valence-corrected chi connectivity index (χ2v) is 8.90. The van der Waals surface area contributed by atoms with Crippen LogP contribution in [0.15, 0.2) is 66.9 Å². The molecule has 1 aliphatic rings. The van der Waals surface area contributed by atoms with E-state index in [9.17, 15) is 9.59 Å². The van der Waals surface area contributed by atoms with Gasteiger partial charge in [-0.05, 0) is 61.6 Å². The molecule has 7 nitrogen and oxygen atoms in total. The van der Waals surface area contributed by atoms with Crippen molar-refractivity contribution in [1.82, 2.24) is 10.3 Å². The van der Waals surface area contributed by atoms with Crippen LogP contribution < -0.4 is 15.0 Å². The largest absolute Gasteiger partial charge is 0.450 e. The van der Waals surface area contributed by atoms with E-state index >= 15 is 0 Å². The minimum absolute atomic E-state index is 0.0204. The molecule has 0 aliphatic carbocycles. The molecule has 2 heterocycles. The van der Waals surface area contributed by atoms with Crippen LogP contribution in [-0.2, 0) is 16.1 Å². The lowest BCUT2D eigenvalue weighted by Crippen LogP contribution is -2.32. The van der Waals surface area contributed by atoms with Gasteiger partial charge in [-0.3, -0.25) is 9.78 Å². The number of fused-ring (bicyclic) bond motifs is 1. The Morgan fingerprint density at radius 3 is 2.67 bits per heavy atom. The summed E-state index contributed by atoms with van der Waals surface area (Å²) in [5, 5.41) is 2.78. The number of hydrogen-bond acceptors (Lipinski definition) is 6. The van der Waals surface area contributed by atoms with Gasteiger partial charge in [0.2, 0.25) is 0 Å². The summed E-state index contributed by atoms with van der Waals surface area (Å²) in [6.45, 7) is 8.47. The zero-order valence-electron chi connectivity index (χ0n) is 21.1. The predicted molar refractivity (Wildman–Crippen MR) is 140 cm³/mol. The highest BCUT2D eigenvalue weighted by molar-refractivity contribution is 5.80. The summed E-state index contributed by atoms with van der Waals surface area (Å²) in [6.07, 6.45) is 1.64. The first-order valence-electron chi connectivity index (χ1n) is 12.5. The first kappa shape index (κ1) is 25.2. The number of anilines is 1. The molecule has 2 atom stereocenters. The molecule has 36 heavy (non-hydrogen) atoms. The fourth-order valence-electron chi connectivity index (χ4n) is 4.62. The topological polar surface area (TPSA) is 80.8 Å². The maximum atomic E-state index is 12.7. The summed E-state index contributed by atoms with van der Waals surface area (Å²) in [7, 11) is 0. The number of hydrogen-bond donors (Lipinski definition) is 1. The van der Waals surface area contributed by atoms with Crippen LogP contribution in [0.3, 0.4) is 0 Å². The van der Waals surface area contributed by atoms with E-state index in [0.717, 1.165) is 41.2 Å². The number of esters is 1. The fraction of sp³-hybridized carbons (Fsp3) is 0.345. The van der Waals surface area contributed by atoms with Gasteiger partial charge in [-0.1, -0.05) is 37.3 Å². The van der Waals surface area contributed by atoms with Gasteiger partial charge < -0.3 is 19.7 Å². The van der Waals surface area contributed by atoms with Crippen molar-refractivity contribution in [2.24, 2.45) is 5.92 Å². The molecule has 1 aliphatic heterocycles. The molecular weight excluding hydrogens is 454 g/mol. The number of benzene rings is 2. The van der Waals surface area contributed by atoms with Crippen molar-refractivity contribution in [3.63, 3.8) is 0 Å². The minimum Gasteiger partial charge on any atom is -0.450 e. The molecule has 3 aromatic rings. The van der Waals surface area contributed by atoms with Crippen LogP contribution in [0.5, 0.6) is 5.75 Å². The van der Waals surface area contributed by atoms with E-state index in [2.05, 4.69) is 35.1 Å². The molecule has 7 heteroatoms. The highest BCUT2D eigenvalue weighted by Gasteiger charge is 2.35. The van der Waals surface area contributed by atoms with E-state index in [1.165, 1.54) is 0 Å². The molecular formula is C29H33N3O4. The summed E-state index contributed by atoms with van der Waals surface area (Å²) in [5.74, 6) is -0.0329. The molecule has 0 radical (unpaired) electrons. The molecule has 0 saturated carbocycles. The van der Waals surface area contributed by atoms with Crippen LogP contribution >= 0.6 is 0 Å². The summed E-state index contributed by atoms with van der Waals surface area (Å²) in [6, 6.07) is 19.7. The molecule has 188 valence electrons. The van der Waals surface area contributed by atoms with E-state index in [1.807, 2.05) is 61.5 Å². The SMILES string of the molecule is CCN(CC)c1ccc2c(c1)OC(=O)C(CCOC(=O)NCc1cccc(-c3ccccn3)c1)C2C. The Hall–Kier alpha value is -3.87. The Morgan fingerprint density at radius 1 is 1.08 bits per heavy atom. The molecule has 0 spiro atoms. The van der Waals surface area contributed by atoms with Crippen LogP contribution in [0.25, 0.3) is 11.3 Å². The third-order valence-electron chi connectivity index (χ3n) is 6.72. The van der Waals surface area contributed by atoms with E-state index in [-0.39, 0.29) is 24.4 Å². The van der Waals surface area contributed by atoms with Gasteiger partial charge in [-0.15, -0.1) is 0 Å². The molecule has 1 aromatic heterocycles. The Labute approximate surface area is 212 Å². The Morgan fingerprint density at radius 2 is 1.92 bits per heavy atom. The Kier molecular flexibility index (Phi) is 8.21. The normalized spacial score (nSPS) is 16.6. The number of pyridine rings is 1. The van der Waals surface area contributed by atoms with Crippen LogP contribution in [-0.4, -0.2) is 36.7 Å². The third kappa shape index (κ3) is 5.85. The lowest BCUT2D eigenvalue weighted by atomic mass is 9.83. The second kappa shape index (κ2) is 11.7. The maximum absolute atomic E-state index is 12.7. The molecule has 2 unspecified atom stereocenters. The fourth-order valence-corrected chi connectivity index (χ4v) is 4.62. The van der Waals surface area contributed by atoms with Gasteiger partial charge in [0.05, 0.1) is 18.2 Å². The van der Waals surface area contributed by atoms with Crippen LogP contribution in [0, 0.1) is 5.92 Å². The van der Waals surface area contributed by atoms with Crippen LogP contribution in [0.1, 0.15) is 44.2 Å². The average Bonchev–Trinajstić information content (AvgIpc) is 2.90. The van der Waals surface area contributed by atoms with E-state index < -0.39 is 6.09 Å². The standard InChI is InChI=1S/C29H33N3O4/c1-4-32(5-2)23-12-13-24-20(3)25(28(33)36-27(24)18-23)14-16-35-29(34)31-19-21-9-8-10-22(17-21)26-11-6-7-15-30-26/h6-13,15,17-18,20,25H,4-5,14,16,19H2,1-3H3,(H,31,34). The van der Waals surface area contributed by atoms with Gasteiger partial charge in [-0.25, -0.2) is 4.79 Å². The highest BCUT2D eigenvalue weighted by Crippen LogP contribution is 2.40. The number of aromatic nitrogens is 1. The number of ether oxygens (including phenoxy) is 2. The van der Waals surface area contributed by atoms with Gasteiger partial charge in [0, 0.05) is 43.1 Å². The molecule has 1 N–H and O–H groups in total. The van der Waals surface area contributed by atoms with Gasteiger partial charge >= 0.3 is 12.1 Å². The van der Waals surface area contributed by atoms with Crippen molar-refractivity contribution in [1.29, 1.82) is 0 Å². The number of nitrogens with zero attached hydrogens (tertiary/aromatic N) is 2. The van der Waals surface area contributed by atoms with Crippen LogP contribution in [0.2, 0.25) is 0 Å². The predicted octanol–water partition coefficient (Wildman–Crippen LogP) is 5.55. The second-order valence-electron chi connectivity index (χ2n) is 8.90. The number of carbonyl (C=O) groups excluding carboxylic acids is 2. The number of rotatable bonds is 9. The van der Waals surface area contributed by atoms with Crippen molar-refractivity contribution in [3.05, 3.63) is 78.0 Å². The molecule has 1 amide bonds. The first-order chi connectivity index (χ1) is 17.5. The minimum atomic E-state index is -0.515. The van der Waals surface area contributed by atoms with Gasteiger partial charge in [0.1, 0.15) is 5.75 Å². The summed E-state index contributed by atoms with van der Waals surface area (Å²) in [5.41, 5.74) is 4.86. The lowest BCUT2D eigenvalue weighted by Gasteiger charge is -2.31. The lowest BCUT2D eigenvalue weighted by molar-refractivity contribution is -0.141. The zero-order valence-corrected chi connectivity index (χ0v) is 21.1. The first-order valence-corrected chi connectivity index (χ1v) is 12.5. The van der Waals surface area contributed by atoms with Crippen molar-refractivity contribution in [3.8, 4) is 17.0 Å². The summed E-state index contributed by atoms with van der Waals surface area (Å²) < 4.78 is 11.0. The smallest absolute Gasteiger partial charge is 0.407 e. The van der Waals surface area contributed by atoms with Crippen molar-refractivity contribution >= 4 is 17.7 Å². The number of carbonyl (C=O) groups is 2. The van der Waals surface area contributed by atoms with E-state index in [4.69, 9.17) is 9.47 Å². The van der Waals surface area contributed by atoms with E-state index in [1.54, 1.807) is 6.20 Å². The Balaban J connectivity index is 1.28. The van der Waals surface area contributed by atoms with Crippen LogP contribution in [0.4, 0.5) is 10.5 Å². The monoisotopic (exact) mass is 487 g/mol. The highest BCUT2D eigenvalue weighted by atomic mass is 16.6. The maximum Gasteiger partial charge on any atom is 0.407 e. The number of amides is 1. The molecule has 0 bridgehead atoms. The summed E-state index contributed by atoms with van der Waals surface area (Å²) >= 11 is 0. The molecule has 4 rings (SSSR count). The van der Waals surface area contributed by atoms with Gasteiger partial charge in [0.25, 0.3) is 0 Å². The molecule has 2 aromatic carbocycles. The molecule has 0 saturated heterocycles. The Bertz CT molecular complexity index is 1190. The average molecular weight is 488 g/mol. The number of alkyl carbamates (subject to hydrolysis) is 1. The number of nitrogens with one attached hydrogen (secondary N) is 1. The van der Waals surface area contributed by atoms with E-state index in [0.29, 0.717) is 18.7 Å². The molecule has 0 fully saturated rings.